The first-order valence-electron chi connectivity index (χ1n) is 6.52. The molecule has 7 nitrogen and oxygen atoms in total. The number of hydrogen-bond acceptors (Lipinski definition) is 4. The van der Waals surface area contributed by atoms with Crippen molar-refractivity contribution in [1.29, 1.82) is 0 Å². The predicted octanol–water partition coefficient (Wildman–Crippen LogP) is 2.28. The van der Waals surface area contributed by atoms with Gasteiger partial charge in [0.25, 0.3) is 11.6 Å². The van der Waals surface area contributed by atoms with Crippen molar-refractivity contribution in [1.82, 2.24) is 5.32 Å². The van der Waals surface area contributed by atoms with Crippen LogP contribution in [0.25, 0.3) is 0 Å². The van der Waals surface area contributed by atoms with Crippen LogP contribution >= 0.6 is 0 Å². The maximum absolute atomic E-state index is 12.2. The minimum absolute atomic E-state index is 0.136. The molecule has 1 rings (SSSR count). The number of carboxylic acid groups (broad SMARTS) is 1. The molecule has 1 aromatic carbocycles. The second-order valence-electron chi connectivity index (χ2n) is 5.12. The zero-order valence-corrected chi connectivity index (χ0v) is 12.2. The number of rotatable bonds is 6. The summed E-state index contributed by atoms with van der Waals surface area (Å²) in [6, 6.07) is 4.14. The molecule has 1 aromatic rings. The van der Waals surface area contributed by atoms with Gasteiger partial charge in [-0.25, -0.2) is 4.79 Å². The molecule has 0 saturated heterocycles. The van der Waals surface area contributed by atoms with Gasteiger partial charge in [-0.3, -0.25) is 14.9 Å². The highest BCUT2D eigenvalue weighted by Crippen LogP contribution is 2.21. The largest absolute Gasteiger partial charge is 0.480 e. The number of nitrogens with one attached hydrogen (secondary N) is 1. The molecule has 0 fully saturated rings. The zero-order chi connectivity index (χ0) is 16.2. The highest BCUT2D eigenvalue weighted by atomic mass is 16.6. The molecule has 0 saturated carbocycles. The molecule has 0 bridgehead atoms. The summed E-state index contributed by atoms with van der Waals surface area (Å²) in [5, 5.41) is 22.6. The third-order valence-corrected chi connectivity index (χ3v) is 3.20. The average Bonchev–Trinajstić information content (AvgIpc) is 2.38. The van der Waals surface area contributed by atoms with Crippen molar-refractivity contribution in [3.05, 3.63) is 39.4 Å². The molecule has 1 atom stereocenters. The molecule has 21 heavy (non-hydrogen) atoms. The van der Waals surface area contributed by atoms with Gasteiger partial charge in [0.05, 0.1) is 4.92 Å². The number of carbonyl (C=O) groups excluding carboxylic acids is 1. The highest BCUT2D eigenvalue weighted by Gasteiger charge is 2.35. The quantitative estimate of drug-likeness (QED) is 0.617. The second-order valence-corrected chi connectivity index (χ2v) is 5.12. The number of benzene rings is 1. The number of nitrogens with zero attached hydrogens (tertiary/aromatic N) is 1. The first kappa shape index (κ1) is 16.6. The van der Waals surface area contributed by atoms with E-state index in [1.807, 2.05) is 0 Å². The van der Waals surface area contributed by atoms with Gasteiger partial charge in [0.2, 0.25) is 0 Å². The van der Waals surface area contributed by atoms with E-state index in [9.17, 15) is 24.8 Å². The summed E-state index contributed by atoms with van der Waals surface area (Å²) in [5.74, 6) is -1.93. The van der Waals surface area contributed by atoms with Crippen molar-refractivity contribution >= 4 is 17.6 Å². The second kappa shape index (κ2) is 6.34. The number of carbonyl (C=O) groups is 2. The van der Waals surface area contributed by atoms with Gasteiger partial charge in [-0.2, -0.15) is 0 Å². The van der Waals surface area contributed by atoms with Crippen LogP contribution in [-0.4, -0.2) is 27.4 Å². The number of hydrogen-bond donors (Lipinski definition) is 2. The number of amides is 1. The van der Waals surface area contributed by atoms with Gasteiger partial charge in [0.15, 0.2) is 0 Å². The highest BCUT2D eigenvalue weighted by molar-refractivity contribution is 6.01. The minimum Gasteiger partial charge on any atom is -0.480 e. The van der Waals surface area contributed by atoms with Crippen LogP contribution in [0.2, 0.25) is 0 Å². The van der Waals surface area contributed by atoms with E-state index in [1.165, 1.54) is 25.1 Å². The van der Waals surface area contributed by atoms with Crippen LogP contribution in [0.3, 0.4) is 0 Å². The Hall–Kier alpha value is -2.44. The Kier molecular flexibility index (Phi) is 5.02. The summed E-state index contributed by atoms with van der Waals surface area (Å²) >= 11 is 0. The van der Waals surface area contributed by atoms with Crippen LogP contribution in [0.5, 0.6) is 0 Å². The molecule has 1 amide bonds. The third kappa shape index (κ3) is 3.77. The fourth-order valence-electron chi connectivity index (χ4n) is 2.03. The van der Waals surface area contributed by atoms with E-state index in [1.54, 1.807) is 13.8 Å². The molecule has 0 aromatic heterocycles. The fraction of sp³-hybridized carbons (Fsp3) is 0.429. The number of aliphatic carboxylic acids is 1. The van der Waals surface area contributed by atoms with Gasteiger partial charge in [-0.05, 0) is 31.9 Å². The van der Waals surface area contributed by atoms with E-state index in [4.69, 9.17) is 0 Å². The average molecular weight is 294 g/mol. The summed E-state index contributed by atoms with van der Waals surface area (Å²) in [4.78, 5) is 33.9. The van der Waals surface area contributed by atoms with Crippen LogP contribution < -0.4 is 5.32 Å². The van der Waals surface area contributed by atoms with E-state index < -0.39 is 22.3 Å². The predicted molar refractivity (Wildman–Crippen MR) is 76.2 cm³/mol. The van der Waals surface area contributed by atoms with Gasteiger partial charge in [-0.15, -0.1) is 0 Å². The maximum atomic E-state index is 12.2. The van der Waals surface area contributed by atoms with E-state index in [0.29, 0.717) is 12.0 Å². The molecule has 0 aliphatic rings. The van der Waals surface area contributed by atoms with E-state index in [2.05, 4.69) is 5.32 Å². The van der Waals surface area contributed by atoms with Crippen molar-refractivity contribution in [2.24, 2.45) is 0 Å². The Morgan fingerprint density at radius 3 is 2.52 bits per heavy atom. The molecule has 1 unspecified atom stereocenters. The Bertz CT molecular complexity index is 585. The molecule has 0 aliphatic heterocycles. The Morgan fingerprint density at radius 2 is 2.05 bits per heavy atom. The van der Waals surface area contributed by atoms with Crippen molar-refractivity contribution in [2.75, 3.05) is 0 Å². The van der Waals surface area contributed by atoms with E-state index in [-0.39, 0.29) is 17.7 Å². The Balaban J connectivity index is 3.17. The molecule has 0 aliphatic carbocycles. The van der Waals surface area contributed by atoms with Gasteiger partial charge in [-0.1, -0.05) is 19.4 Å². The van der Waals surface area contributed by atoms with Gasteiger partial charge in [0, 0.05) is 6.07 Å². The standard InChI is InChI=1S/C14H18N2O5/c1-4-7-14(3,13(18)19)15-12(17)10-8-9(2)5-6-11(10)16(20)21/h5-6,8H,4,7H2,1-3H3,(H,15,17)(H,18,19). The minimum atomic E-state index is -1.45. The smallest absolute Gasteiger partial charge is 0.329 e. The normalized spacial score (nSPS) is 13.3. The topological polar surface area (TPSA) is 110 Å². The fourth-order valence-corrected chi connectivity index (χ4v) is 2.03. The first-order chi connectivity index (χ1) is 9.71. The Morgan fingerprint density at radius 1 is 1.43 bits per heavy atom. The Labute approximate surface area is 122 Å². The first-order valence-corrected chi connectivity index (χ1v) is 6.52. The lowest BCUT2D eigenvalue weighted by Gasteiger charge is -2.25. The van der Waals surface area contributed by atoms with E-state index >= 15 is 0 Å². The molecule has 2 N–H and O–H groups in total. The van der Waals surface area contributed by atoms with Crippen molar-refractivity contribution in [3.63, 3.8) is 0 Å². The van der Waals surface area contributed by atoms with Gasteiger partial charge < -0.3 is 10.4 Å². The number of aryl methyl sites for hydroxylation is 1. The van der Waals surface area contributed by atoms with Crippen molar-refractivity contribution in [2.45, 2.75) is 39.2 Å². The lowest BCUT2D eigenvalue weighted by atomic mass is 9.95. The monoisotopic (exact) mass is 294 g/mol. The summed E-state index contributed by atoms with van der Waals surface area (Å²) < 4.78 is 0. The molecule has 0 spiro atoms. The number of carboxylic acids is 1. The summed E-state index contributed by atoms with van der Waals surface area (Å²) in [6.07, 6.45) is 0.784. The summed E-state index contributed by atoms with van der Waals surface area (Å²) in [7, 11) is 0. The zero-order valence-electron chi connectivity index (χ0n) is 12.2. The van der Waals surface area contributed by atoms with Crippen molar-refractivity contribution in [3.8, 4) is 0 Å². The van der Waals surface area contributed by atoms with Crippen LogP contribution in [0.1, 0.15) is 42.6 Å². The van der Waals surface area contributed by atoms with Gasteiger partial charge >= 0.3 is 5.97 Å². The molecular weight excluding hydrogens is 276 g/mol. The maximum Gasteiger partial charge on any atom is 0.329 e. The SMILES string of the molecule is CCCC(C)(NC(=O)c1cc(C)ccc1[N+](=O)[O-])C(=O)O. The summed E-state index contributed by atoms with van der Waals surface area (Å²) in [5.41, 5.74) is -1.26. The van der Waals surface area contributed by atoms with E-state index in [0.717, 1.165) is 0 Å². The van der Waals surface area contributed by atoms with Crippen LogP contribution in [0.4, 0.5) is 5.69 Å². The number of nitro groups is 1. The molecule has 0 radical (unpaired) electrons. The van der Waals surface area contributed by atoms with Crippen LogP contribution in [-0.2, 0) is 4.79 Å². The van der Waals surface area contributed by atoms with Crippen molar-refractivity contribution < 1.29 is 19.6 Å². The molecule has 114 valence electrons. The molecule has 7 heteroatoms. The molecular formula is C14H18N2O5. The van der Waals surface area contributed by atoms with Crippen LogP contribution in [0.15, 0.2) is 18.2 Å². The third-order valence-electron chi connectivity index (χ3n) is 3.20. The molecule has 0 heterocycles. The van der Waals surface area contributed by atoms with Gasteiger partial charge in [0.1, 0.15) is 11.1 Å². The lowest BCUT2D eigenvalue weighted by molar-refractivity contribution is -0.385. The van der Waals surface area contributed by atoms with Crippen LogP contribution in [0, 0.1) is 17.0 Å². The lowest BCUT2D eigenvalue weighted by Crippen LogP contribution is -2.52. The summed E-state index contributed by atoms with van der Waals surface area (Å²) in [6.45, 7) is 4.88. The number of nitro benzene ring substituents is 1.